The van der Waals surface area contributed by atoms with Gasteiger partial charge in [0.1, 0.15) is 21.3 Å². The van der Waals surface area contributed by atoms with Crippen molar-refractivity contribution in [2.24, 2.45) is 0 Å². The summed E-state index contributed by atoms with van der Waals surface area (Å²) in [5.74, 6) is -0.596. The molecule has 5 aromatic rings. The molecule has 2 atom stereocenters. The minimum Gasteiger partial charge on any atom is -0.488 e. The van der Waals surface area contributed by atoms with Gasteiger partial charge in [0.05, 0.1) is 24.6 Å². The molecule has 1 aromatic heterocycles. The molecule has 266 valence electrons. The Morgan fingerprint density at radius 2 is 1.10 bits per heavy atom. The lowest BCUT2D eigenvalue weighted by Crippen LogP contribution is -2.30. The molecule has 4 aromatic carbocycles. The highest BCUT2D eigenvalue weighted by molar-refractivity contribution is 7.17. The zero-order valence-corrected chi connectivity index (χ0v) is 30.5. The van der Waals surface area contributed by atoms with E-state index in [0.717, 1.165) is 44.0 Å². The molecule has 52 heavy (non-hydrogen) atoms. The number of carbonyl (C=O) groups excluding carboxylic acids is 4. The van der Waals surface area contributed by atoms with Crippen LogP contribution in [0.2, 0.25) is 0 Å². The number of ether oxygens (including phenoxy) is 4. The van der Waals surface area contributed by atoms with Crippen molar-refractivity contribution in [1.29, 1.82) is 0 Å². The third kappa shape index (κ3) is 5.62. The normalized spacial score (nSPS) is 17.5. The van der Waals surface area contributed by atoms with E-state index in [0.29, 0.717) is 42.5 Å². The van der Waals surface area contributed by atoms with Crippen molar-refractivity contribution in [3.8, 4) is 23.0 Å². The highest BCUT2D eigenvalue weighted by Crippen LogP contribution is 2.51. The molecule has 1 unspecified atom stereocenters. The Labute approximate surface area is 312 Å². The second-order valence-electron chi connectivity index (χ2n) is 12.9. The van der Waals surface area contributed by atoms with Crippen LogP contribution in [-0.2, 0) is 9.59 Å². The molecule has 2 amide bonds. The topological polar surface area (TPSA) is 112 Å². The first kappa shape index (κ1) is 34.3. The molecule has 0 aliphatic carbocycles. The van der Waals surface area contributed by atoms with Crippen LogP contribution in [0, 0.1) is 0 Å². The van der Waals surface area contributed by atoms with E-state index >= 15 is 0 Å². The molecule has 4 heterocycles. The van der Waals surface area contributed by atoms with Crippen molar-refractivity contribution in [3.63, 3.8) is 0 Å². The molecule has 13 heteroatoms. The minimum atomic E-state index is -0.486. The Hall–Kier alpha value is -4.84. The molecule has 0 saturated heterocycles. The summed E-state index contributed by atoms with van der Waals surface area (Å²) in [5.41, 5.74) is 2.89. The number of hydrogen-bond donors (Lipinski definition) is 0. The van der Waals surface area contributed by atoms with E-state index in [-0.39, 0.29) is 57.9 Å². The molecule has 0 fully saturated rings. The fraction of sp³-hybridized carbons (Fsp3) is 0.282. The van der Waals surface area contributed by atoms with Crippen LogP contribution in [0.3, 0.4) is 0 Å². The maximum absolute atomic E-state index is 14.7. The monoisotopic (exact) mass is 758 g/mol. The van der Waals surface area contributed by atoms with Gasteiger partial charge in [-0.15, -0.1) is 34.5 Å². The van der Waals surface area contributed by atoms with Crippen LogP contribution in [0.1, 0.15) is 62.6 Å². The highest BCUT2D eigenvalue weighted by atomic mass is 35.5. The van der Waals surface area contributed by atoms with Gasteiger partial charge in [-0.2, -0.15) is 0 Å². The number of benzene rings is 4. The number of anilines is 2. The van der Waals surface area contributed by atoms with Gasteiger partial charge in [0.25, 0.3) is 11.8 Å². The van der Waals surface area contributed by atoms with Crippen molar-refractivity contribution in [3.05, 3.63) is 81.5 Å². The van der Waals surface area contributed by atoms with E-state index in [1.807, 2.05) is 48.5 Å². The maximum Gasteiger partial charge on any atom is 0.308 e. The molecule has 0 radical (unpaired) electrons. The fourth-order valence-corrected chi connectivity index (χ4v) is 9.13. The smallest absolute Gasteiger partial charge is 0.308 e. The molecule has 0 saturated carbocycles. The van der Waals surface area contributed by atoms with Crippen molar-refractivity contribution < 1.29 is 38.1 Å². The molecule has 3 aliphatic rings. The van der Waals surface area contributed by atoms with Gasteiger partial charge in [0, 0.05) is 79.9 Å². The molecule has 10 nitrogen and oxygen atoms in total. The van der Waals surface area contributed by atoms with Gasteiger partial charge >= 0.3 is 11.9 Å². The quantitative estimate of drug-likeness (QED) is 0.0973. The van der Waals surface area contributed by atoms with Gasteiger partial charge in [0.2, 0.25) is 0 Å². The number of rotatable bonds is 6. The lowest BCUT2D eigenvalue weighted by atomic mass is 9.95. The molecular weight excluding hydrogens is 727 g/mol. The second-order valence-corrected chi connectivity index (χ2v) is 14.5. The Kier molecular flexibility index (Phi) is 8.97. The van der Waals surface area contributed by atoms with Gasteiger partial charge in [-0.05, 0) is 21.9 Å². The van der Waals surface area contributed by atoms with E-state index in [9.17, 15) is 19.2 Å². The predicted molar refractivity (Wildman–Crippen MR) is 201 cm³/mol. The molecule has 0 N–H and O–H groups in total. The number of alkyl halides is 2. The van der Waals surface area contributed by atoms with Gasteiger partial charge in [0.15, 0.2) is 11.5 Å². The standard InChI is InChI=1S/C39H32Cl2N2O8S/c1-20(44)50-30-14-28-32(26-10-5-3-8-24(26)30)22(16-40)18-42(28)38(46)36-34-35(49-13-7-12-48-34)37(52-36)39(47)43-19-23(17-41)33-27-11-6-4-9-25(27)31(15-29(33)43)51-21(2)45/h3-6,8-11,14-15,22-23H,7,12-13,16-19H2,1-2H3/t22-,23?/m1/s1. The van der Waals surface area contributed by atoms with Crippen molar-refractivity contribution in [1.82, 2.24) is 0 Å². The maximum atomic E-state index is 14.7. The zero-order chi connectivity index (χ0) is 36.3. The van der Waals surface area contributed by atoms with Crippen LogP contribution < -0.4 is 28.7 Å². The van der Waals surface area contributed by atoms with Crippen LogP contribution in [0.5, 0.6) is 23.0 Å². The molecular formula is C39H32Cl2N2O8S. The number of halogens is 2. The lowest BCUT2D eigenvalue weighted by Gasteiger charge is -2.19. The van der Waals surface area contributed by atoms with Crippen LogP contribution in [-0.4, -0.2) is 61.8 Å². The Balaban J connectivity index is 1.24. The van der Waals surface area contributed by atoms with E-state index in [1.165, 1.54) is 13.8 Å². The van der Waals surface area contributed by atoms with Crippen LogP contribution >= 0.6 is 34.5 Å². The number of fused-ring (bicyclic) bond motifs is 7. The summed E-state index contributed by atoms with van der Waals surface area (Å²) in [6.45, 7) is 3.78. The Bertz CT molecular complexity index is 2170. The summed E-state index contributed by atoms with van der Waals surface area (Å²) in [7, 11) is 0. The van der Waals surface area contributed by atoms with E-state index in [1.54, 1.807) is 21.9 Å². The van der Waals surface area contributed by atoms with E-state index < -0.39 is 23.8 Å². The Morgan fingerprint density at radius 1 is 0.692 bits per heavy atom. The number of hydrogen-bond acceptors (Lipinski definition) is 9. The van der Waals surface area contributed by atoms with Gasteiger partial charge in [-0.25, -0.2) is 0 Å². The SMILES string of the molecule is CC(=O)Oc1cc2c(c3ccccc13)C(CCl)CN2C(=O)c1sc(C(=O)N2C[C@@H](CCl)c3c2cc(OC(C)=O)c2ccccc32)c2c1OCCCO2. The third-order valence-corrected chi connectivity index (χ3v) is 11.5. The Morgan fingerprint density at radius 3 is 1.48 bits per heavy atom. The van der Waals surface area contributed by atoms with Crippen molar-refractivity contribution in [2.75, 3.05) is 47.9 Å². The summed E-state index contributed by atoms with van der Waals surface area (Å²) >= 11 is 14.0. The average Bonchev–Trinajstić information content (AvgIpc) is 3.76. The van der Waals surface area contributed by atoms with E-state index in [4.69, 9.17) is 42.1 Å². The molecule has 0 bridgehead atoms. The summed E-state index contributed by atoms with van der Waals surface area (Å²) in [5, 5.41) is 3.14. The van der Waals surface area contributed by atoms with Gasteiger partial charge < -0.3 is 28.7 Å². The minimum absolute atomic E-state index is 0.205. The number of thiophene rings is 1. The molecule has 3 aliphatic heterocycles. The van der Waals surface area contributed by atoms with Crippen molar-refractivity contribution in [2.45, 2.75) is 32.1 Å². The largest absolute Gasteiger partial charge is 0.488 e. The second kappa shape index (κ2) is 13.6. The third-order valence-electron chi connectivity index (χ3n) is 9.62. The lowest BCUT2D eigenvalue weighted by molar-refractivity contribution is -0.132. The van der Waals surface area contributed by atoms with Gasteiger partial charge in [-0.3, -0.25) is 19.2 Å². The predicted octanol–water partition coefficient (Wildman–Crippen LogP) is 8.03. The average molecular weight is 760 g/mol. The number of esters is 2. The molecule has 0 spiro atoms. The van der Waals surface area contributed by atoms with Crippen molar-refractivity contribution >= 4 is 91.2 Å². The van der Waals surface area contributed by atoms with Gasteiger partial charge in [-0.1, -0.05) is 48.5 Å². The number of amides is 2. The zero-order valence-electron chi connectivity index (χ0n) is 28.2. The summed E-state index contributed by atoms with van der Waals surface area (Å²) in [4.78, 5) is 57.3. The number of carbonyl (C=O) groups is 4. The first-order valence-corrected chi connectivity index (χ1v) is 18.7. The first-order valence-electron chi connectivity index (χ1n) is 16.9. The highest BCUT2D eigenvalue weighted by Gasteiger charge is 2.42. The van der Waals surface area contributed by atoms with Crippen LogP contribution in [0.25, 0.3) is 21.5 Å². The number of nitrogens with zero attached hydrogens (tertiary/aromatic N) is 2. The van der Waals surface area contributed by atoms with Crippen LogP contribution in [0.15, 0.2) is 60.7 Å². The molecule has 8 rings (SSSR count). The summed E-state index contributed by atoms with van der Waals surface area (Å²) in [6.07, 6.45) is 0.553. The summed E-state index contributed by atoms with van der Waals surface area (Å²) in [6, 6.07) is 18.5. The van der Waals surface area contributed by atoms with E-state index in [2.05, 4.69) is 0 Å². The summed E-state index contributed by atoms with van der Waals surface area (Å²) < 4.78 is 23.6. The first-order chi connectivity index (χ1) is 25.2. The van der Waals surface area contributed by atoms with Crippen LogP contribution in [0.4, 0.5) is 11.4 Å². The fourth-order valence-electron chi connectivity index (χ4n) is 7.54.